The Bertz CT molecular complexity index is 699. The third kappa shape index (κ3) is 1.79. The SMILES string of the molecule is Cc1cc2ccccc2c(Cl)c1-c1ccccc1. The summed E-state index contributed by atoms with van der Waals surface area (Å²) in [6.45, 7) is 2.11. The van der Waals surface area contributed by atoms with Gasteiger partial charge >= 0.3 is 0 Å². The Kier molecular flexibility index (Phi) is 2.81. The number of halogens is 1. The first-order valence-electron chi connectivity index (χ1n) is 6.00. The maximum absolute atomic E-state index is 6.58. The van der Waals surface area contributed by atoms with E-state index in [0.717, 1.165) is 16.0 Å². The second-order valence-corrected chi connectivity index (χ2v) is 4.85. The van der Waals surface area contributed by atoms with Crippen molar-refractivity contribution in [3.8, 4) is 11.1 Å². The lowest BCUT2D eigenvalue weighted by atomic mass is 9.96. The Balaban J connectivity index is 2.37. The molecule has 0 saturated carbocycles. The minimum Gasteiger partial charge on any atom is -0.0830 e. The lowest BCUT2D eigenvalue weighted by Crippen LogP contribution is -1.87. The highest BCUT2D eigenvalue weighted by atomic mass is 35.5. The number of hydrogen-bond donors (Lipinski definition) is 0. The molecule has 0 aliphatic carbocycles. The molecule has 0 spiro atoms. The lowest BCUT2D eigenvalue weighted by molar-refractivity contribution is 1.48. The van der Waals surface area contributed by atoms with E-state index in [1.165, 1.54) is 16.5 Å². The first-order valence-corrected chi connectivity index (χ1v) is 6.38. The van der Waals surface area contributed by atoms with E-state index in [9.17, 15) is 0 Å². The molecular weight excluding hydrogens is 240 g/mol. The van der Waals surface area contributed by atoms with Gasteiger partial charge in [-0.15, -0.1) is 0 Å². The second kappa shape index (κ2) is 4.47. The first-order chi connectivity index (χ1) is 8.77. The minimum absolute atomic E-state index is 0.844. The smallest absolute Gasteiger partial charge is 0.0565 e. The molecule has 0 saturated heterocycles. The van der Waals surface area contributed by atoms with Crippen LogP contribution in [0.25, 0.3) is 21.9 Å². The topological polar surface area (TPSA) is 0 Å². The van der Waals surface area contributed by atoms with Crippen molar-refractivity contribution in [3.05, 3.63) is 71.2 Å². The molecule has 0 amide bonds. The molecule has 88 valence electrons. The van der Waals surface area contributed by atoms with Crippen molar-refractivity contribution in [2.75, 3.05) is 0 Å². The molecule has 0 nitrogen and oxygen atoms in total. The van der Waals surface area contributed by atoms with Gasteiger partial charge in [0.15, 0.2) is 0 Å². The molecule has 0 aromatic heterocycles. The van der Waals surface area contributed by atoms with E-state index in [2.05, 4.69) is 37.3 Å². The zero-order valence-electron chi connectivity index (χ0n) is 10.2. The molecule has 0 atom stereocenters. The van der Waals surface area contributed by atoms with Gasteiger partial charge in [0.05, 0.1) is 5.02 Å². The van der Waals surface area contributed by atoms with Gasteiger partial charge in [-0.1, -0.05) is 72.3 Å². The van der Waals surface area contributed by atoms with Crippen molar-refractivity contribution < 1.29 is 0 Å². The van der Waals surface area contributed by atoms with Gasteiger partial charge in [0.2, 0.25) is 0 Å². The van der Waals surface area contributed by atoms with Gasteiger partial charge in [-0.05, 0) is 23.4 Å². The summed E-state index contributed by atoms with van der Waals surface area (Å²) in [4.78, 5) is 0. The molecule has 1 heteroatoms. The summed E-state index contributed by atoms with van der Waals surface area (Å²) in [5.41, 5.74) is 3.52. The fourth-order valence-corrected chi connectivity index (χ4v) is 2.83. The molecule has 0 aliphatic heterocycles. The van der Waals surface area contributed by atoms with Crippen molar-refractivity contribution in [2.45, 2.75) is 6.92 Å². The van der Waals surface area contributed by atoms with Gasteiger partial charge < -0.3 is 0 Å². The van der Waals surface area contributed by atoms with Crippen LogP contribution in [0.2, 0.25) is 5.02 Å². The number of aryl methyl sites for hydroxylation is 1. The van der Waals surface area contributed by atoms with Gasteiger partial charge in [0.1, 0.15) is 0 Å². The quantitative estimate of drug-likeness (QED) is 0.539. The number of rotatable bonds is 1. The summed E-state index contributed by atoms with van der Waals surface area (Å²) < 4.78 is 0. The second-order valence-electron chi connectivity index (χ2n) is 4.47. The molecule has 0 unspecified atom stereocenters. The molecule has 0 N–H and O–H groups in total. The lowest BCUT2D eigenvalue weighted by Gasteiger charge is -2.12. The Morgan fingerprint density at radius 2 is 1.50 bits per heavy atom. The highest BCUT2D eigenvalue weighted by Gasteiger charge is 2.10. The van der Waals surface area contributed by atoms with Gasteiger partial charge in [0, 0.05) is 10.9 Å². The predicted molar refractivity (Wildman–Crippen MR) is 79.1 cm³/mol. The van der Waals surface area contributed by atoms with E-state index < -0.39 is 0 Å². The Morgan fingerprint density at radius 3 is 2.28 bits per heavy atom. The van der Waals surface area contributed by atoms with E-state index in [-0.39, 0.29) is 0 Å². The fourth-order valence-electron chi connectivity index (χ4n) is 2.40. The average Bonchev–Trinajstić information content (AvgIpc) is 2.40. The Morgan fingerprint density at radius 1 is 0.833 bits per heavy atom. The van der Waals surface area contributed by atoms with Crippen LogP contribution in [0.1, 0.15) is 5.56 Å². The molecule has 0 radical (unpaired) electrons. The van der Waals surface area contributed by atoms with Crippen molar-refractivity contribution >= 4 is 22.4 Å². The molecule has 3 rings (SSSR count). The van der Waals surface area contributed by atoms with Crippen LogP contribution in [-0.4, -0.2) is 0 Å². The summed E-state index contributed by atoms with van der Waals surface area (Å²) in [6.07, 6.45) is 0. The maximum Gasteiger partial charge on any atom is 0.0565 e. The van der Waals surface area contributed by atoms with Crippen molar-refractivity contribution in [2.24, 2.45) is 0 Å². The Labute approximate surface area is 112 Å². The zero-order chi connectivity index (χ0) is 12.5. The van der Waals surface area contributed by atoms with Gasteiger partial charge in [-0.2, -0.15) is 0 Å². The zero-order valence-corrected chi connectivity index (χ0v) is 10.9. The van der Waals surface area contributed by atoms with Crippen LogP contribution in [0.5, 0.6) is 0 Å². The molecule has 3 aromatic rings. The van der Waals surface area contributed by atoms with E-state index in [0.29, 0.717) is 0 Å². The van der Waals surface area contributed by atoms with Crippen LogP contribution in [0.15, 0.2) is 60.7 Å². The molecule has 18 heavy (non-hydrogen) atoms. The maximum atomic E-state index is 6.58. The molecular formula is C17H13Cl. The van der Waals surface area contributed by atoms with Gasteiger partial charge in [-0.3, -0.25) is 0 Å². The first kappa shape index (κ1) is 11.3. The molecule has 0 fully saturated rings. The third-order valence-corrected chi connectivity index (χ3v) is 3.64. The molecule has 0 bridgehead atoms. The summed E-state index contributed by atoms with van der Waals surface area (Å²) in [5.74, 6) is 0. The monoisotopic (exact) mass is 252 g/mol. The van der Waals surface area contributed by atoms with Crippen LogP contribution < -0.4 is 0 Å². The number of benzene rings is 3. The number of hydrogen-bond acceptors (Lipinski definition) is 0. The van der Waals surface area contributed by atoms with Crippen LogP contribution in [0.3, 0.4) is 0 Å². The van der Waals surface area contributed by atoms with E-state index >= 15 is 0 Å². The summed E-state index contributed by atoms with van der Waals surface area (Å²) in [5, 5.41) is 3.15. The third-order valence-electron chi connectivity index (χ3n) is 3.25. The van der Waals surface area contributed by atoms with Gasteiger partial charge in [0.25, 0.3) is 0 Å². The Hall–Kier alpha value is -1.79. The summed E-state index contributed by atoms with van der Waals surface area (Å²) in [6, 6.07) is 20.7. The molecule has 0 heterocycles. The van der Waals surface area contributed by atoms with E-state index in [1.54, 1.807) is 0 Å². The largest absolute Gasteiger partial charge is 0.0830 e. The highest BCUT2D eigenvalue weighted by molar-refractivity contribution is 6.38. The summed E-state index contributed by atoms with van der Waals surface area (Å²) >= 11 is 6.58. The predicted octanol–water partition coefficient (Wildman–Crippen LogP) is 5.47. The van der Waals surface area contributed by atoms with Crippen LogP contribution in [-0.2, 0) is 0 Å². The van der Waals surface area contributed by atoms with E-state index in [1.807, 2.05) is 30.3 Å². The van der Waals surface area contributed by atoms with Crippen molar-refractivity contribution in [3.63, 3.8) is 0 Å². The van der Waals surface area contributed by atoms with Crippen LogP contribution >= 0.6 is 11.6 Å². The highest BCUT2D eigenvalue weighted by Crippen LogP contribution is 2.36. The van der Waals surface area contributed by atoms with Gasteiger partial charge in [-0.25, -0.2) is 0 Å². The summed E-state index contributed by atoms with van der Waals surface area (Å²) in [7, 11) is 0. The number of fused-ring (bicyclic) bond motifs is 1. The van der Waals surface area contributed by atoms with Crippen molar-refractivity contribution in [1.29, 1.82) is 0 Å². The molecule has 3 aromatic carbocycles. The van der Waals surface area contributed by atoms with E-state index in [4.69, 9.17) is 11.6 Å². The fraction of sp³-hybridized carbons (Fsp3) is 0.0588. The minimum atomic E-state index is 0.844. The van der Waals surface area contributed by atoms with Crippen LogP contribution in [0.4, 0.5) is 0 Å². The van der Waals surface area contributed by atoms with Crippen LogP contribution in [0, 0.1) is 6.92 Å². The molecule has 0 aliphatic rings. The average molecular weight is 253 g/mol. The van der Waals surface area contributed by atoms with Crippen molar-refractivity contribution in [1.82, 2.24) is 0 Å². The normalized spacial score (nSPS) is 10.8. The standard InChI is InChI=1S/C17H13Cl/c1-12-11-14-9-5-6-10-15(14)17(18)16(12)13-7-3-2-4-8-13/h2-11H,1H3.